The van der Waals surface area contributed by atoms with E-state index in [2.05, 4.69) is 4.90 Å². The molecular formula is C18H29NO4. The lowest BCUT2D eigenvalue weighted by Crippen LogP contribution is -2.51. The van der Waals surface area contributed by atoms with E-state index in [1.165, 1.54) is 0 Å². The summed E-state index contributed by atoms with van der Waals surface area (Å²) in [6, 6.07) is -0.167. The molecule has 1 aliphatic heterocycles. The molecule has 2 unspecified atom stereocenters. The molecule has 1 fully saturated rings. The van der Waals surface area contributed by atoms with Gasteiger partial charge < -0.3 is 9.84 Å². The number of esters is 1. The molecule has 0 aromatic rings. The van der Waals surface area contributed by atoms with Crippen molar-refractivity contribution in [1.29, 1.82) is 0 Å². The van der Waals surface area contributed by atoms with E-state index in [1.54, 1.807) is 0 Å². The summed E-state index contributed by atoms with van der Waals surface area (Å²) in [6.45, 7) is 9.42. The maximum Gasteiger partial charge on any atom is 0.309 e. The Hall–Kier alpha value is -1.20. The smallest absolute Gasteiger partial charge is 0.309 e. The van der Waals surface area contributed by atoms with Gasteiger partial charge in [-0.3, -0.25) is 14.5 Å². The van der Waals surface area contributed by atoms with Crippen LogP contribution >= 0.6 is 0 Å². The maximum absolute atomic E-state index is 12.2. The Morgan fingerprint density at radius 1 is 1.39 bits per heavy atom. The van der Waals surface area contributed by atoms with E-state index in [-0.39, 0.29) is 23.7 Å². The fourth-order valence-corrected chi connectivity index (χ4v) is 3.56. The van der Waals surface area contributed by atoms with Gasteiger partial charge in [-0.1, -0.05) is 19.9 Å². The highest BCUT2D eigenvalue weighted by Gasteiger charge is 2.41. The van der Waals surface area contributed by atoms with Crippen LogP contribution in [0.2, 0.25) is 0 Å². The first-order valence-electron chi connectivity index (χ1n) is 8.56. The van der Waals surface area contributed by atoms with Gasteiger partial charge in [0.2, 0.25) is 0 Å². The third-order valence-electron chi connectivity index (χ3n) is 5.17. The summed E-state index contributed by atoms with van der Waals surface area (Å²) in [4.78, 5) is 26.2. The summed E-state index contributed by atoms with van der Waals surface area (Å²) in [5.74, 6) is -0.0532. The van der Waals surface area contributed by atoms with Crippen molar-refractivity contribution in [3.05, 3.63) is 11.6 Å². The van der Waals surface area contributed by atoms with Gasteiger partial charge in [0.05, 0.1) is 24.7 Å². The van der Waals surface area contributed by atoms with Gasteiger partial charge in [-0.15, -0.1) is 0 Å². The van der Waals surface area contributed by atoms with Crippen molar-refractivity contribution in [2.24, 2.45) is 11.3 Å². The highest BCUT2D eigenvalue weighted by atomic mass is 16.5. The van der Waals surface area contributed by atoms with Gasteiger partial charge in [0.15, 0.2) is 5.78 Å². The van der Waals surface area contributed by atoms with Crippen molar-refractivity contribution in [1.82, 2.24) is 4.90 Å². The third-order valence-corrected chi connectivity index (χ3v) is 5.17. The van der Waals surface area contributed by atoms with Crippen LogP contribution in [0.15, 0.2) is 11.6 Å². The molecule has 0 saturated carbocycles. The minimum absolute atomic E-state index is 0.0474. The second-order valence-electron chi connectivity index (χ2n) is 7.44. The molecule has 1 saturated heterocycles. The van der Waals surface area contributed by atoms with E-state index in [0.29, 0.717) is 13.0 Å². The molecular weight excluding hydrogens is 294 g/mol. The fraction of sp³-hybridized carbons (Fsp3) is 0.778. The number of allylic oxidation sites excluding steroid dienone is 1. The van der Waals surface area contributed by atoms with Crippen molar-refractivity contribution in [3.8, 4) is 0 Å². The number of hydrogen-bond acceptors (Lipinski definition) is 5. The molecule has 23 heavy (non-hydrogen) atoms. The second kappa shape index (κ2) is 7.14. The average molecular weight is 323 g/mol. The molecule has 0 radical (unpaired) electrons. The summed E-state index contributed by atoms with van der Waals surface area (Å²) in [5.41, 5.74) is 0.278. The van der Waals surface area contributed by atoms with Crippen LogP contribution in [-0.4, -0.2) is 53.6 Å². The Morgan fingerprint density at radius 2 is 2.00 bits per heavy atom. The van der Waals surface area contributed by atoms with Crippen molar-refractivity contribution < 1.29 is 19.4 Å². The number of nitrogens with zero attached hydrogens (tertiary/aromatic N) is 1. The molecule has 0 bridgehead atoms. The quantitative estimate of drug-likeness (QED) is 0.804. The van der Waals surface area contributed by atoms with Crippen LogP contribution in [0.4, 0.5) is 0 Å². The van der Waals surface area contributed by atoms with Crippen LogP contribution in [0, 0.1) is 11.3 Å². The van der Waals surface area contributed by atoms with E-state index in [9.17, 15) is 14.7 Å². The first kappa shape index (κ1) is 18.1. The molecule has 2 atom stereocenters. The van der Waals surface area contributed by atoms with Crippen molar-refractivity contribution >= 4 is 11.8 Å². The number of hydrogen-bond donors (Lipinski definition) is 1. The highest BCUT2D eigenvalue weighted by molar-refractivity contribution is 5.95. The summed E-state index contributed by atoms with van der Waals surface area (Å²) < 4.78 is 5.10. The number of carbonyl (C=O) groups excluding carboxylic acids is 2. The Morgan fingerprint density at radius 3 is 2.57 bits per heavy atom. The zero-order chi connectivity index (χ0) is 17.2. The molecule has 5 heteroatoms. The van der Waals surface area contributed by atoms with Gasteiger partial charge >= 0.3 is 5.97 Å². The number of aliphatic hydroxyl groups excluding tert-OH is 1. The third kappa shape index (κ3) is 4.01. The minimum Gasteiger partial charge on any atom is -0.466 e. The number of ether oxygens (including phenoxy) is 1. The predicted molar refractivity (Wildman–Crippen MR) is 87.9 cm³/mol. The van der Waals surface area contributed by atoms with Crippen molar-refractivity contribution in [2.45, 2.75) is 59.1 Å². The number of carbonyl (C=O) groups is 2. The normalized spacial score (nSPS) is 29.8. The van der Waals surface area contributed by atoms with Gasteiger partial charge in [-0.2, -0.15) is 0 Å². The van der Waals surface area contributed by atoms with Crippen LogP contribution in [0.1, 0.15) is 47.0 Å². The molecule has 0 amide bonds. The highest BCUT2D eigenvalue weighted by Crippen LogP contribution is 2.35. The Bertz CT molecular complexity index is 489. The van der Waals surface area contributed by atoms with Crippen LogP contribution in [0.3, 0.4) is 0 Å². The average Bonchev–Trinajstić information content (AvgIpc) is 2.58. The van der Waals surface area contributed by atoms with Crippen LogP contribution < -0.4 is 0 Å². The zero-order valence-corrected chi connectivity index (χ0v) is 14.7. The van der Waals surface area contributed by atoms with Gasteiger partial charge in [0.25, 0.3) is 0 Å². The number of piperidine rings is 1. The summed E-state index contributed by atoms with van der Waals surface area (Å²) in [6.07, 6.45) is 3.16. The number of likely N-dealkylation sites (tertiary alicyclic amines) is 1. The van der Waals surface area contributed by atoms with Crippen LogP contribution in [0.5, 0.6) is 0 Å². The first-order valence-corrected chi connectivity index (χ1v) is 8.56. The molecule has 2 rings (SSSR count). The molecule has 1 heterocycles. The van der Waals surface area contributed by atoms with E-state index in [0.717, 1.165) is 31.5 Å². The lowest BCUT2D eigenvalue weighted by atomic mass is 9.79. The minimum atomic E-state index is -0.594. The first-order chi connectivity index (χ1) is 10.8. The molecule has 130 valence electrons. The standard InChI is InChI=1S/C18H29NO4/c1-5-23-17(22)13-6-8-19(9-7-13)14-10-12(2)15(20)11-18(3,4)16(14)21/h10,13-14,16,21H,5-9,11H2,1-4H3. The van der Waals surface area contributed by atoms with Crippen molar-refractivity contribution in [2.75, 3.05) is 19.7 Å². The summed E-state index contributed by atoms with van der Waals surface area (Å²) >= 11 is 0. The topological polar surface area (TPSA) is 66.8 Å². The summed E-state index contributed by atoms with van der Waals surface area (Å²) in [5, 5.41) is 10.8. The van der Waals surface area contributed by atoms with E-state index < -0.39 is 11.5 Å². The molecule has 2 aliphatic rings. The lowest BCUT2D eigenvalue weighted by molar-refractivity contribution is -0.150. The SMILES string of the molecule is CCOC(=O)C1CCN(C2C=C(C)C(=O)CC(C)(C)C2O)CC1. The number of rotatable bonds is 3. The summed E-state index contributed by atoms with van der Waals surface area (Å²) in [7, 11) is 0. The Labute approximate surface area is 138 Å². The van der Waals surface area contributed by atoms with Gasteiger partial charge in [-0.05, 0) is 50.8 Å². The molecule has 1 N–H and O–H groups in total. The Kier molecular flexibility index (Phi) is 5.63. The van der Waals surface area contributed by atoms with Gasteiger partial charge in [-0.25, -0.2) is 0 Å². The predicted octanol–water partition coefficient (Wildman–Crippen LogP) is 1.94. The fourth-order valence-electron chi connectivity index (χ4n) is 3.56. The molecule has 0 aromatic carbocycles. The van der Waals surface area contributed by atoms with E-state index >= 15 is 0 Å². The van der Waals surface area contributed by atoms with Crippen LogP contribution in [-0.2, 0) is 14.3 Å². The monoisotopic (exact) mass is 323 g/mol. The van der Waals surface area contributed by atoms with Crippen LogP contribution in [0.25, 0.3) is 0 Å². The number of Topliss-reactive ketones (excluding diaryl/α,β-unsaturated/α-hetero) is 1. The molecule has 0 aromatic heterocycles. The van der Waals surface area contributed by atoms with Gasteiger partial charge in [0.1, 0.15) is 0 Å². The lowest BCUT2D eigenvalue weighted by Gasteiger charge is -2.41. The van der Waals surface area contributed by atoms with Crippen molar-refractivity contribution in [3.63, 3.8) is 0 Å². The number of ketones is 1. The molecule has 0 spiro atoms. The largest absolute Gasteiger partial charge is 0.466 e. The maximum atomic E-state index is 12.2. The zero-order valence-electron chi connectivity index (χ0n) is 14.7. The molecule has 1 aliphatic carbocycles. The van der Waals surface area contributed by atoms with Gasteiger partial charge in [0, 0.05) is 6.42 Å². The second-order valence-corrected chi connectivity index (χ2v) is 7.44. The Balaban J connectivity index is 2.09. The molecule has 5 nitrogen and oxygen atoms in total. The van der Waals surface area contributed by atoms with E-state index in [4.69, 9.17) is 4.74 Å². The van der Waals surface area contributed by atoms with E-state index in [1.807, 2.05) is 33.8 Å². The number of aliphatic hydroxyl groups is 1.